The van der Waals surface area contributed by atoms with Gasteiger partial charge in [0.05, 0.1) is 22.6 Å². The lowest BCUT2D eigenvalue weighted by Gasteiger charge is -2.14. The van der Waals surface area contributed by atoms with Gasteiger partial charge >= 0.3 is 0 Å². The van der Waals surface area contributed by atoms with Crippen LogP contribution < -0.4 is 0 Å². The van der Waals surface area contributed by atoms with Crippen LogP contribution in [0.1, 0.15) is 20.9 Å². The smallest absolute Gasteiger partial charge is 0.264 e. The topological polar surface area (TPSA) is 33.2 Å². The number of hydrogen-bond acceptors (Lipinski definition) is 4. The van der Waals surface area contributed by atoms with Crippen LogP contribution in [-0.2, 0) is 6.54 Å². The zero-order valence-corrected chi connectivity index (χ0v) is 14.1. The molecule has 1 aromatic carbocycles. The molecular weight excluding hydrogens is 312 g/mol. The van der Waals surface area contributed by atoms with Crippen LogP contribution in [0.2, 0.25) is 0 Å². The number of carbonyl (C=O) groups is 1. The van der Waals surface area contributed by atoms with Crippen LogP contribution in [-0.4, -0.2) is 22.8 Å². The van der Waals surface area contributed by atoms with Crippen molar-refractivity contribution in [2.24, 2.45) is 0 Å². The van der Waals surface area contributed by atoms with Gasteiger partial charge in [-0.3, -0.25) is 4.79 Å². The van der Waals surface area contributed by atoms with Crippen LogP contribution in [0.15, 0.2) is 47.3 Å². The van der Waals surface area contributed by atoms with Crippen LogP contribution in [0.4, 0.5) is 0 Å². The summed E-state index contributed by atoms with van der Waals surface area (Å²) in [5.74, 6) is 0.0447. The Morgan fingerprint density at radius 3 is 2.73 bits per heavy atom. The molecule has 0 aliphatic rings. The van der Waals surface area contributed by atoms with Crippen molar-refractivity contribution >= 4 is 28.6 Å². The molecule has 0 aliphatic carbocycles. The second-order valence-electron chi connectivity index (χ2n) is 5.13. The maximum absolute atomic E-state index is 12.6. The molecule has 0 saturated heterocycles. The number of hydrogen-bond donors (Lipinski definition) is 0. The Bertz CT molecular complexity index is 763. The molecule has 3 nitrogen and oxygen atoms in total. The first-order valence-corrected chi connectivity index (χ1v) is 8.69. The van der Waals surface area contributed by atoms with Gasteiger partial charge in [-0.1, -0.05) is 30.3 Å². The first-order valence-electron chi connectivity index (χ1n) is 6.93. The highest BCUT2D eigenvalue weighted by molar-refractivity contribution is 7.17. The standard InChI is InChI=1S/C17H16N2OS2/c1-12-8-15(22-16(12)13-6-4-3-5-7-13)17(20)19(2)9-14-10-21-11-18-14/h3-8,10-11H,9H2,1-2H3. The van der Waals surface area contributed by atoms with Crippen molar-refractivity contribution in [3.63, 3.8) is 0 Å². The maximum Gasteiger partial charge on any atom is 0.264 e. The monoisotopic (exact) mass is 328 g/mol. The highest BCUT2D eigenvalue weighted by atomic mass is 32.1. The molecule has 22 heavy (non-hydrogen) atoms. The number of carbonyl (C=O) groups excluding carboxylic acids is 1. The summed E-state index contributed by atoms with van der Waals surface area (Å²) in [6, 6.07) is 12.2. The Morgan fingerprint density at radius 2 is 2.05 bits per heavy atom. The van der Waals surface area contributed by atoms with E-state index in [0.29, 0.717) is 6.54 Å². The largest absolute Gasteiger partial charge is 0.335 e. The molecule has 0 saturated carbocycles. The average Bonchev–Trinajstić information content (AvgIpc) is 3.17. The third-order valence-corrected chi connectivity index (χ3v) is 5.30. The van der Waals surface area contributed by atoms with Gasteiger partial charge in [-0.25, -0.2) is 4.98 Å². The minimum absolute atomic E-state index is 0.0447. The predicted octanol–water partition coefficient (Wildman–Crippen LogP) is 4.45. The lowest BCUT2D eigenvalue weighted by atomic mass is 10.1. The molecule has 0 spiro atoms. The molecule has 1 amide bonds. The Kier molecular flexibility index (Phi) is 4.36. The molecule has 3 aromatic rings. The molecule has 0 bridgehead atoms. The molecule has 0 radical (unpaired) electrons. The molecule has 0 aliphatic heterocycles. The molecule has 0 N–H and O–H groups in total. The van der Waals surface area contributed by atoms with E-state index in [1.165, 1.54) is 0 Å². The van der Waals surface area contributed by atoms with Gasteiger partial charge in [0.1, 0.15) is 0 Å². The Hall–Kier alpha value is -1.98. The van der Waals surface area contributed by atoms with E-state index in [4.69, 9.17) is 0 Å². The fraction of sp³-hybridized carbons (Fsp3) is 0.176. The van der Waals surface area contributed by atoms with Gasteiger partial charge in [-0.05, 0) is 24.1 Å². The lowest BCUT2D eigenvalue weighted by Crippen LogP contribution is -2.25. The van der Waals surface area contributed by atoms with E-state index >= 15 is 0 Å². The SMILES string of the molecule is Cc1cc(C(=O)N(C)Cc2cscn2)sc1-c1ccccc1. The molecule has 2 aromatic heterocycles. The number of thiazole rings is 1. The minimum atomic E-state index is 0.0447. The van der Waals surface area contributed by atoms with Crippen LogP contribution in [0.3, 0.4) is 0 Å². The number of nitrogens with zero attached hydrogens (tertiary/aromatic N) is 2. The first kappa shape index (κ1) is 14.9. The van der Waals surface area contributed by atoms with Crippen LogP contribution in [0, 0.1) is 6.92 Å². The maximum atomic E-state index is 12.6. The molecular formula is C17H16N2OS2. The van der Waals surface area contributed by atoms with E-state index in [9.17, 15) is 4.79 Å². The van der Waals surface area contributed by atoms with Crippen LogP contribution >= 0.6 is 22.7 Å². The van der Waals surface area contributed by atoms with Gasteiger partial charge in [0.2, 0.25) is 0 Å². The van der Waals surface area contributed by atoms with E-state index in [2.05, 4.69) is 24.0 Å². The summed E-state index contributed by atoms with van der Waals surface area (Å²) in [5, 5.41) is 1.97. The summed E-state index contributed by atoms with van der Waals surface area (Å²) in [7, 11) is 1.82. The van der Waals surface area contributed by atoms with Crippen molar-refractivity contribution in [3.8, 4) is 10.4 Å². The fourth-order valence-corrected chi connectivity index (χ4v) is 4.00. The van der Waals surface area contributed by atoms with E-state index in [1.54, 1.807) is 33.1 Å². The highest BCUT2D eigenvalue weighted by Gasteiger charge is 2.17. The molecule has 112 valence electrons. The summed E-state index contributed by atoms with van der Waals surface area (Å²) in [6.45, 7) is 2.59. The molecule has 3 rings (SSSR count). The zero-order chi connectivity index (χ0) is 15.5. The Balaban J connectivity index is 1.82. The zero-order valence-electron chi connectivity index (χ0n) is 12.4. The normalized spacial score (nSPS) is 10.6. The van der Waals surface area contributed by atoms with Crippen molar-refractivity contribution in [3.05, 3.63) is 63.4 Å². The van der Waals surface area contributed by atoms with Gasteiger partial charge in [-0.15, -0.1) is 22.7 Å². The number of amides is 1. The van der Waals surface area contributed by atoms with Crippen molar-refractivity contribution in [1.82, 2.24) is 9.88 Å². The summed E-state index contributed by atoms with van der Waals surface area (Å²) in [4.78, 5) is 20.5. The van der Waals surface area contributed by atoms with Crippen LogP contribution in [0.25, 0.3) is 10.4 Å². The molecule has 2 heterocycles. The summed E-state index contributed by atoms with van der Waals surface area (Å²) >= 11 is 3.10. The summed E-state index contributed by atoms with van der Waals surface area (Å²) < 4.78 is 0. The summed E-state index contributed by atoms with van der Waals surface area (Å²) in [5.41, 5.74) is 5.02. The van der Waals surface area contributed by atoms with E-state index in [-0.39, 0.29) is 5.91 Å². The van der Waals surface area contributed by atoms with Gasteiger partial charge in [0, 0.05) is 17.3 Å². The summed E-state index contributed by atoms with van der Waals surface area (Å²) in [6.07, 6.45) is 0. The van der Waals surface area contributed by atoms with Gasteiger partial charge < -0.3 is 4.90 Å². The van der Waals surface area contributed by atoms with E-state index < -0.39 is 0 Å². The van der Waals surface area contributed by atoms with E-state index in [0.717, 1.165) is 26.6 Å². The highest BCUT2D eigenvalue weighted by Crippen LogP contribution is 2.32. The quantitative estimate of drug-likeness (QED) is 0.709. The van der Waals surface area contributed by atoms with Crippen molar-refractivity contribution in [1.29, 1.82) is 0 Å². The Morgan fingerprint density at radius 1 is 1.27 bits per heavy atom. The number of benzene rings is 1. The second-order valence-corrected chi connectivity index (χ2v) is 6.90. The van der Waals surface area contributed by atoms with Gasteiger partial charge in [0.25, 0.3) is 5.91 Å². The number of aryl methyl sites for hydroxylation is 1. The molecule has 0 unspecified atom stereocenters. The van der Waals surface area contributed by atoms with Crippen molar-refractivity contribution in [2.45, 2.75) is 13.5 Å². The molecule has 5 heteroatoms. The third kappa shape index (κ3) is 3.10. The number of rotatable bonds is 4. The minimum Gasteiger partial charge on any atom is -0.335 e. The lowest BCUT2D eigenvalue weighted by molar-refractivity contribution is 0.0788. The van der Waals surface area contributed by atoms with Gasteiger partial charge in [0.15, 0.2) is 0 Å². The second kappa shape index (κ2) is 6.42. The van der Waals surface area contributed by atoms with E-state index in [1.807, 2.05) is 36.7 Å². The first-order chi connectivity index (χ1) is 10.6. The molecule has 0 atom stereocenters. The number of thiophene rings is 1. The average molecular weight is 328 g/mol. The predicted molar refractivity (Wildman–Crippen MR) is 92.4 cm³/mol. The third-order valence-electron chi connectivity index (χ3n) is 3.39. The molecule has 0 fully saturated rings. The van der Waals surface area contributed by atoms with Crippen molar-refractivity contribution in [2.75, 3.05) is 7.05 Å². The Labute approximate surface area is 137 Å². The number of aromatic nitrogens is 1. The fourth-order valence-electron chi connectivity index (χ4n) is 2.28. The van der Waals surface area contributed by atoms with Crippen LogP contribution in [0.5, 0.6) is 0 Å². The van der Waals surface area contributed by atoms with Gasteiger partial charge in [-0.2, -0.15) is 0 Å². The van der Waals surface area contributed by atoms with Crippen molar-refractivity contribution < 1.29 is 4.79 Å².